The van der Waals surface area contributed by atoms with Crippen molar-refractivity contribution in [2.45, 2.75) is 31.2 Å². The summed E-state index contributed by atoms with van der Waals surface area (Å²) in [5, 5.41) is 2.63. The Morgan fingerprint density at radius 1 is 0.909 bits per heavy atom. The van der Waals surface area contributed by atoms with Crippen molar-refractivity contribution in [2.24, 2.45) is 0 Å². The number of ether oxygens (including phenoxy) is 1. The first-order valence-corrected chi connectivity index (χ1v) is 11.9. The molecule has 0 saturated heterocycles. The number of carbonyl (C=O) groups is 2. The van der Waals surface area contributed by atoms with Gasteiger partial charge in [0.05, 0.1) is 23.1 Å². The fourth-order valence-electron chi connectivity index (χ4n) is 3.20. The molecule has 0 spiro atoms. The zero-order valence-electron chi connectivity index (χ0n) is 18.4. The lowest BCUT2D eigenvalue weighted by Crippen LogP contribution is -2.29. The molecule has 0 aliphatic rings. The summed E-state index contributed by atoms with van der Waals surface area (Å²) in [7, 11) is -3.77. The molecule has 3 rings (SSSR count). The predicted octanol–water partition coefficient (Wildman–Crippen LogP) is 4.22. The number of nitrogens with one attached hydrogen (secondary N) is 2. The van der Waals surface area contributed by atoms with Gasteiger partial charge in [0.15, 0.2) is 0 Å². The molecule has 8 heteroatoms. The van der Waals surface area contributed by atoms with Crippen molar-refractivity contribution >= 4 is 27.6 Å². The SMILES string of the molecule is CC(=O)Nc1ccc(C(=O)OCCC(NS(=O)(=O)c2ccc(C)cc2)c2ccccc2)cc1. The molecule has 7 nitrogen and oxygen atoms in total. The maximum absolute atomic E-state index is 12.9. The second-order valence-electron chi connectivity index (χ2n) is 7.58. The summed E-state index contributed by atoms with van der Waals surface area (Å²) in [5.41, 5.74) is 2.64. The third-order valence-corrected chi connectivity index (χ3v) is 6.40. The fourth-order valence-corrected chi connectivity index (χ4v) is 4.46. The first kappa shape index (κ1) is 24.2. The highest BCUT2D eigenvalue weighted by Crippen LogP contribution is 2.21. The van der Waals surface area contributed by atoms with Gasteiger partial charge in [0.1, 0.15) is 0 Å². The number of sulfonamides is 1. The van der Waals surface area contributed by atoms with E-state index in [0.717, 1.165) is 11.1 Å². The first-order valence-electron chi connectivity index (χ1n) is 10.4. The average Bonchev–Trinajstić information content (AvgIpc) is 2.79. The predicted molar refractivity (Wildman–Crippen MR) is 126 cm³/mol. The van der Waals surface area contributed by atoms with Crippen LogP contribution in [0.25, 0.3) is 0 Å². The summed E-state index contributed by atoms with van der Waals surface area (Å²) in [6, 6.07) is 21.5. The van der Waals surface area contributed by atoms with Crippen LogP contribution in [0.5, 0.6) is 0 Å². The van der Waals surface area contributed by atoms with E-state index in [2.05, 4.69) is 10.0 Å². The Hall–Kier alpha value is -3.49. The highest BCUT2D eigenvalue weighted by molar-refractivity contribution is 7.89. The summed E-state index contributed by atoms with van der Waals surface area (Å²) in [6.45, 7) is 3.30. The second kappa shape index (κ2) is 10.9. The van der Waals surface area contributed by atoms with Crippen molar-refractivity contribution in [1.82, 2.24) is 4.72 Å². The molecule has 0 bridgehead atoms. The standard InChI is InChI=1S/C25H26N2O5S/c1-18-8-14-23(15-9-18)33(30,31)27-24(20-6-4-3-5-7-20)16-17-32-25(29)21-10-12-22(13-11-21)26-19(2)28/h3-15,24,27H,16-17H2,1-2H3,(H,26,28). The molecular formula is C25H26N2O5S. The normalized spacial score (nSPS) is 12.1. The van der Waals surface area contributed by atoms with Gasteiger partial charge in [0.2, 0.25) is 15.9 Å². The molecule has 0 saturated carbocycles. The van der Waals surface area contributed by atoms with Crippen molar-refractivity contribution in [3.8, 4) is 0 Å². The maximum Gasteiger partial charge on any atom is 0.338 e. The molecule has 172 valence electrons. The number of aryl methyl sites for hydroxylation is 1. The van der Waals surface area contributed by atoms with Crippen molar-refractivity contribution < 1.29 is 22.7 Å². The number of hydrogen-bond acceptors (Lipinski definition) is 5. The van der Waals surface area contributed by atoms with E-state index in [9.17, 15) is 18.0 Å². The van der Waals surface area contributed by atoms with Gasteiger partial charge in [0, 0.05) is 19.0 Å². The molecule has 0 fully saturated rings. The molecule has 1 unspecified atom stereocenters. The first-order chi connectivity index (χ1) is 15.7. The molecule has 2 N–H and O–H groups in total. The summed E-state index contributed by atoms with van der Waals surface area (Å²) in [5.74, 6) is -0.733. The van der Waals surface area contributed by atoms with Crippen molar-refractivity contribution in [3.63, 3.8) is 0 Å². The van der Waals surface area contributed by atoms with E-state index in [-0.39, 0.29) is 23.8 Å². The molecule has 0 aliphatic heterocycles. The van der Waals surface area contributed by atoms with Crippen LogP contribution >= 0.6 is 0 Å². The Bertz CT molecular complexity index is 1190. The van der Waals surface area contributed by atoms with Gasteiger partial charge in [-0.2, -0.15) is 0 Å². The molecule has 3 aromatic carbocycles. The monoisotopic (exact) mass is 466 g/mol. The van der Waals surface area contributed by atoms with Crippen LogP contribution in [-0.4, -0.2) is 26.9 Å². The molecule has 1 amide bonds. The van der Waals surface area contributed by atoms with E-state index >= 15 is 0 Å². The van der Waals surface area contributed by atoms with Gasteiger partial charge in [-0.3, -0.25) is 4.79 Å². The topological polar surface area (TPSA) is 102 Å². The van der Waals surface area contributed by atoms with Crippen LogP contribution in [0.2, 0.25) is 0 Å². The van der Waals surface area contributed by atoms with Gasteiger partial charge >= 0.3 is 5.97 Å². The van der Waals surface area contributed by atoms with Gasteiger partial charge < -0.3 is 10.1 Å². The maximum atomic E-state index is 12.9. The molecular weight excluding hydrogens is 440 g/mol. The lowest BCUT2D eigenvalue weighted by atomic mass is 10.1. The Labute approximate surface area is 193 Å². The minimum Gasteiger partial charge on any atom is -0.462 e. The van der Waals surface area contributed by atoms with E-state index in [4.69, 9.17) is 4.74 Å². The van der Waals surface area contributed by atoms with E-state index in [0.29, 0.717) is 11.3 Å². The van der Waals surface area contributed by atoms with Gasteiger partial charge in [-0.15, -0.1) is 0 Å². The van der Waals surface area contributed by atoms with Crippen molar-refractivity contribution in [2.75, 3.05) is 11.9 Å². The van der Waals surface area contributed by atoms with E-state index in [1.165, 1.54) is 6.92 Å². The van der Waals surface area contributed by atoms with Crippen molar-refractivity contribution in [3.05, 3.63) is 95.6 Å². The van der Waals surface area contributed by atoms with Gasteiger partial charge in [-0.1, -0.05) is 48.0 Å². The van der Waals surface area contributed by atoms with Gasteiger partial charge in [-0.25, -0.2) is 17.9 Å². The molecule has 0 aliphatic carbocycles. The Balaban J connectivity index is 1.67. The minimum absolute atomic E-state index is 0.0161. The van der Waals surface area contributed by atoms with Crippen LogP contribution in [0.1, 0.15) is 40.9 Å². The lowest BCUT2D eigenvalue weighted by molar-refractivity contribution is -0.114. The molecule has 1 atom stereocenters. The zero-order valence-corrected chi connectivity index (χ0v) is 19.3. The average molecular weight is 467 g/mol. The summed E-state index contributed by atoms with van der Waals surface area (Å²) in [6.07, 6.45) is 0.255. The third kappa shape index (κ3) is 7.00. The van der Waals surface area contributed by atoms with Crippen LogP contribution in [0, 0.1) is 6.92 Å². The van der Waals surface area contributed by atoms with Crippen molar-refractivity contribution in [1.29, 1.82) is 0 Å². The Morgan fingerprint density at radius 2 is 1.55 bits per heavy atom. The number of hydrogen-bond donors (Lipinski definition) is 2. The summed E-state index contributed by atoms with van der Waals surface area (Å²) in [4.78, 5) is 23.7. The Morgan fingerprint density at radius 3 is 2.15 bits per heavy atom. The smallest absolute Gasteiger partial charge is 0.338 e. The number of esters is 1. The van der Waals surface area contributed by atoms with Gasteiger partial charge in [-0.05, 0) is 48.9 Å². The number of anilines is 1. The van der Waals surface area contributed by atoms with E-state index < -0.39 is 22.0 Å². The lowest BCUT2D eigenvalue weighted by Gasteiger charge is -2.19. The quantitative estimate of drug-likeness (QED) is 0.460. The van der Waals surface area contributed by atoms with Crippen LogP contribution in [0.3, 0.4) is 0 Å². The summed E-state index contributed by atoms with van der Waals surface area (Å²) >= 11 is 0. The van der Waals surface area contributed by atoms with Crippen LogP contribution in [-0.2, 0) is 19.6 Å². The minimum atomic E-state index is -3.77. The largest absolute Gasteiger partial charge is 0.462 e. The Kier molecular flexibility index (Phi) is 7.97. The fraction of sp³-hybridized carbons (Fsp3) is 0.200. The second-order valence-corrected chi connectivity index (χ2v) is 9.29. The number of amides is 1. The molecule has 33 heavy (non-hydrogen) atoms. The molecule has 0 heterocycles. The highest BCUT2D eigenvalue weighted by Gasteiger charge is 2.22. The third-order valence-electron chi connectivity index (χ3n) is 4.91. The number of carbonyl (C=O) groups excluding carboxylic acids is 2. The number of rotatable bonds is 9. The zero-order chi connectivity index (χ0) is 23.8. The summed E-state index contributed by atoms with van der Waals surface area (Å²) < 4.78 is 33.9. The highest BCUT2D eigenvalue weighted by atomic mass is 32.2. The molecule has 0 aromatic heterocycles. The van der Waals surface area contributed by atoms with Crippen LogP contribution < -0.4 is 10.0 Å². The molecule has 3 aromatic rings. The van der Waals surface area contributed by atoms with Crippen LogP contribution in [0.15, 0.2) is 83.8 Å². The van der Waals surface area contributed by atoms with E-state index in [1.54, 1.807) is 48.5 Å². The molecule has 0 radical (unpaired) electrons. The number of benzene rings is 3. The van der Waals surface area contributed by atoms with Gasteiger partial charge in [0.25, 0.3) is 0 Å². The van der Waals surface area contributed by atoms with Crippen LogP contribution in [0.4, 0.5) is 5.69 Å². The van der Waals surface area contributed by atoms with E-state index in [1.807, 2.05) is 37.3 Å².